The van der Waals surface area contributed by atoms with Crippen LogP contribution in [0, 0.1) is 16.0 Å². The summed E-state index contributed by atoms with van der Waals surface area (Å²) in [6.45, 7) is 3.63. The second-order valence-corrected chi connectivity index (χ2v) is 7.59. The fraction of sp³-hybridized carbons (Fsp3) is 0.261. The molecule has 0 unspecified atom stereocenters. The van der Waals surface area contributed by atoms with Crippen molar-refractivity contribution in [2.45, 2.75) is 26.3 Å². The van der Waals surface area contributed by atoms with E-state index in [1.165, 1.54) is 49.6 Å². The molecule has 2 aromatic carbocycles. The van der Waals surface area contributed by atoms with E-state index < -0.39 is 28.7 Å². The van der Waals surface area contributed by atoms with Crippen molar-refractivity contribution in [1.29, 1.82) is 0 Å². The zero-order valence-corrected chi connectivity index (χ0v) is 18.4. The van der Waals surface area contributed by atoms with Gasteiger partial charge in [-0.05, 0) is 48.2 Å². The van der Waals surface area contributed by atoms with E-state index >= 15 is 0 Å². The molecule has 0 radical (unpaired) electrons. The molecule has 0 bridgehead atoms. The summed E-state index contributed by atoms with van der Waals surface area (Å²) in [5.74, 6) is -2.15. The first kappa shape index (κ1) is 25.1. The van der Waals surface area contributed by atoms with Crippen molar-refractivity contribution >= 4 is 29.5 Å². The topological polar surface area (TPSA) is 148 Å². The molecule has 3 N–H and O–H groups in total. The van der Waals surface area contributed by atoms with E-state index in [4.69, 9.17) is 4.74 Å². The van der Waals surface area contributed by atoms with Gasteiger partial charge >= 0.3 is 5.97 Å². The summed E-state index contributed by atoms with van der Waals surface area (Å²) in [6, 6.07) is 10.4. The minimum absolute atomic E-state index is 0.00973. The molecule has 0 saturated heterocycles. The molecule has 0 aliphatic heterocycles. The Morgan fingerprint density at radius 1 is 1.15 bits per heavy atom. The average Bonchev–Trinajstić information content (AvgIpc) is 2.77. The molecule has 10 heteroatoms. The molecule has 1 atom stereocenters. The maximum atomic E-state index is 12.9. The number of carbonyl (C=O) groups is 3. The average molecular weight is 455 g/mol. The van der Waals surface area contributed by atoms with Crippen LogP contribution in [0.3, 0.4) is 0 Å². The molecule has 0 saturated carbocycles. The summed E-state index contributed by atoms with van der Waals surface area (Å²) in [7, 11) is 1.48. The van der Waals surface area contributed by atoms with Gasteiger partial charge in [-0.25, -0.2) is 4.79 Å². The third-order valence-corrected chi connectivity index (χ3v) is 4.55. The van der Waals surface area contributed by atoms with Gasteiger partial charge in [0.05, 0.1) is 12.0 Å². The van der Waals surface area contributed by atoms with Crippen LogP contribution < -0.4 is 15.4 Å². The van der Waals surface area contributed by atoms with E-state index in [-0.39, 0.29) is 34.9 Å². The first-order valence-corrected chi connectivity index (χ1v) is 10.1. The number of hydrogen-bond acceptors (Lipinski definition) is 6. The molecule has 0 aliphatic rings. The van der Waals surface area contributed by atoms with Crippen molar-refractivity contribution in [1.82, 2.24) is 10.6 Å². The normalized spacial score (nSPS) is 12.1. The van der Waals surface area contributed by atoms with E-state index in [2.05, 4.69) is 10.6 Å². The Kier molecular flexibility index (Phi) is 8.67. The standard InChI is InChI=1S/C23H25N3O7/c1-14(2)11-20(23(29)30)25-22(28)19(13-15-5-4-6-17(12-15)26(31)32)24-21(27)16-7-9-18(33-3)10-8-16/h4-10,12-14,20H,11H2,1-3H3,(H,24,27)(H,25,28)(H,29,30)/b19-13-/t20-/m1/s1. The minimum atomic E-state index is -1.21. The smallest absolute Gasteiger partial charge is 0.326 e. The third kappa shape index (κ3) is 7.46. The monoisotopic (exact) mass is 455 g/mol. The third-order valence-electron chi connectivity index (χ3n) is 4.55. The quantitative estimate of drug-likeness (QED) is 0.283. The highest BCUT2D eigenvalue weighted by atomic mass is 16.6. The number of carboxylic acid groups (broad SMARTS) is 1. The molecule has 10 nitrogen and oxygen atoms in total. The summed E-state index contributed by atoms with van der Waals surface area (Å²) < 4.78 is 5.06. The predicted molar refractivity (Wildman–Crippen MR) is 121 cm³/mol. The number of ether oxygens (including phenoxy) is 1. The number of amides is 2. The number of aliphatic carboxylic acids is 1. The Morgan fingerprint density at radius 3 is 2.36 bits per heavy atom. The van der Waals surface area contributed by atoms with Gasteiger partial charge in [-0.15, -0.1) is 0 Å². The van der Waals surface area contributed by atoms with E-state index in [1.807, 2.05) is 13.8 Å². The van der Waals surface area contributed by atoms with Crippen LogP contribution >= 0.6 is 0 Å². The lowest BCUT2D eigenvalue weighted by Crippen LogP contribution is -2.45. The van der Waals surface area contributed by atoms with Gasteiger partial charge in [-0.2, -0.15) is 0 Å². The number of non-ortho nitro benzene ring substituents is 1. The molecule has 0 fully saturated rings. The molecular weight excluding hydrogens is 430 g/mol. The van der Waals surface area contributed by atoms with Crippen LogP contribution in [0.15, 0.2) is 54.2 Å². The lowest BCUT2D eigenvalue weighted by molar-refractivity contribution is -0.384. The minimum Gasteiger partial charge on any atom is -0.497 e. The number of nitrogens with zero attached hydrogens (tertiary/aromatic N) is 1. The van der Waals surface area contributed by atoms with Gasteiger partial charge in [0.1, 0.15) is 17.5 Å². The fourth-order valence-corrected chi connectivity index (χ4v) is 2.92. The summed E-state index contributed by atoms with van der Waals surface area (Å²) in [5, 5.41) is 25.4. The van der Waals surface area contributed by atoms with Crippen LogP contribution in [0.2, 0.25) is 0 Å². The Bertz CT molecular complexity index is 1060. The van der Waals surface area contributed by atoms with E-state index in [1.54, 1.807) is 12.1 Å². The van der Waals surface area contributed by atoms with Gasteiger partial charge in [0.25, 0.3) is 17.5 Å². The fourth-order valence-electron chi connectivity index (χ4n) is 2.92. The van der Waals surface area contributed by atoms with Crippen LogP contribution in [0.5, 0.6) is 5.75 Å². The molecule has 33 heavy (non-hydrogen) atoms. The van der Waals surface area contributed by atoms with Gasteiger partial charge in [0.2, 0.25) is 0 Å². The van der Waals surface area contributed by atoms with Crippen LogP contribution in [0.1, 0.15) is 36.2 Å². The molecule has 2 rings (SSSR count). The summed E-state index contributed by atoms with van der Waals surface area (Å²) in [6.07, 6.45) is 1.43. The van der Waals surface area contributed by atoms with Crippen molar-refractivity contribution in [3.8, 4) is 5.75 Å². The second kappa shape index (κ2) is 11.4. The largest absolute Gasteiger partial charge is 0.497 e. The maximum absolute atomic E-state index is 12.9. The van der Waals surface area contributed by atoms with E-state index in [0.29, 0.717) is 5.75 Å². The first-order valence-electron chi connectivity index (χ1n) is 10.1. The number of carboxylic acids is 1. The summed E-state index contributed by atoms with van der Waals surface area (Å²) in [4.78, 5) is 47.7. The molecule has 0 aromatic heterocycles. The molecule has 174 valence electrons. The Balaban J connectivity index is 2.38. The number of methoxy groups -OCH3 is 1. The molecule has 0 aliphatic carbocycles. The highest BCUT2D eigenvalue weighted by Gasteiger charge is 2.24. The predicted octanol–water partition coefficient (Wildman–Crippen LogP) is 2.99. The van der Waals surface area contributed by atoms with E-state index in [9.17, 15) is 29.6 Å². The van der Waals surface area contributed by atoms with E-state index in [0.717, 1.165) is 0 Å². The number of nitro groups is 1. The highest BCUT2D eigenvalue weighted by molar-refractivity contribution is 6.06. The van der Waals surface area contributed by atoms with Crippen molar-refractivity contribution < 1.29 is 29.2 Å². The van der Waals surface area contributed by atoms with Gasteiger partial charge < -0.3 is 20.5 Å². The molecule has 0 heterocycles. The molecule has 2 aromatic rings. The molecule has 0 spiro atoms. The van der Waals surface area contributed by atoms with Crippen molar-refractivity contribution in [3.05, 3.63) is 75.5 Å². The molecular formula is C23H25N3O7. The highest BCUT2D eigenvalue weighted by Crippen LogP contribution is 2.17. The number of hydrogen-bond donors (Lipinski definition) is 3. The lowest BCUT2D eigenvalue weighted by atomic mass is 10.0. The Morgan fingerprint density at radius 2 is 1.82 bits per heavy atom. The SMILES string of the molecule is COc1ccc(C(=O)N/C(=C\c2cccc([N+](=O)[O-])c2)C(=O)N[C@H](CC(C)C)C(=O)O)cc1. The van der Waals surface area contributed by atoms with Crippen LogP contribution in [-0.4, -0.2) is 41.0 Å². The number of benzene rings is 2. The number of carbonyl (C=O) groups excluding carboxylic acids is 2. The van der Waals surface area contributed by atoms with Crippen molar-refractivity contribution in [3.63, 3.8) is 0 Å². The zero-order valence-electron chi connectivity index (χ0n) is 18.4. The summed E-state index contributed by atoms with van der Waals surface area (Å²) in [5.41, 5.74) is 0.0464. The number of nitro benzene ring substituents is 1. The molecule has 2 amide bonds. The number of nitrogens with one attached hydrogen (secondary N) is 2. The van der Waals surface area contributed by atoms with Gasteiger partial charge in [-0.3, -0.25) is 19.7 Å². The van der Waals surface area contributed by atoms with Gasteiger partial charge in [0.15, 0.2) is 0 Å². The Hall–Kier alpha value is -4.21. The Labute approximate surface area is 190 Å². The van der Waals surface area contributed by atoms with Crippen LogP contribution in [0.25, 0.3) is 6.08 Å². The lowest BCUT2D eigenvalue weighted by Gasteiger charge is -2.18. The second-order valence-electron chi connectivity index (χ2n) is 7.59. The van der Waals surface area contributed by atoms with Crippen molar-refractivity contribution in [2.24, 2.45) is 5.92 Å². The van der Waals surface area contributed by atoms with Gasteiger partial charge in [0, 0.05) is 17.7 Å². The van der Waals surface area contributed by atoms with Gasteiger partial charge in [-0.1, -0.05) is 26.0 Å². The number of rotatable bonds is 10. The maximum Gasteiger partial charge on any atom is 0.326 e. The first-order chi connectivity index (χ1) is 15.6. The summed E-state index contributed by atoms with van der Waals surface area (Å²) >= 11 is 0. The van der Waals surface area contributed by atoms with Crippen molar-refractivity contribution in [2.75, 3.05) is 7.11 Å². The zero-order chi connectivity index (χ0) is 24.5. The van der Waals surface area contributed by atoms with Crippen LogP contribution in [-0.2, 0) is 9.59 Å². The van der Waals surface area contributed by atoms with Crippen LogP contribution in [0.4, 0.5) is 5.69 Å².